The first kappa shape index (κ1) is 15.2. The van der Waals surface area contributed by atoms with Crippen molar-refractivity contribution < 1.29 is 9.84 Å². The van der Waals surface area contributed by atoms with Crippen molar-refractivity contribution in [2.75, 3.05) is 13.1 Å². The highest BCUT2D eigenvalue weighted by Crippen LogP contribution is 2.64. The largest absolute Gasteiger partial charge is 0.504 e. The Kier molecular flexibility index (Phi) is 2.97. The van der Waals surface area contributed by atoms with Gasteiger partial charge < -0.3 is 9.84 Å². The third kappa shape index (κ3) is 1.79. The molecule has 2 heterocycles. The summed E-state index contributed by atoms with van der Waals surface area (Å²) in [5.74, 6) is 2.35. The number of aromatic hydroxyl groups is 1. The molecule has 2 aliphatic heterocycles. The normalized spacial score (nSPS) is 39.7. The molecule has 6 nitrogen and oxygen atoms in total. The molecule has 0 amide bonds. The highest BCUT2D eigenvalue weighted by Gasteiger charge is 2.65. The Bertz CT molecular complexity index is 831. The van der Waals surface area contributed by atoms with Gasteiger partial charge in [-0.25, -0.2) is 0 Å². The molecule has 0 aromatic heterocycles. The lowest BCUT2D eigenvalue weighted by atomic mass is 9.51. The molecule has 1 N–H and O–H groups in total. The molecule has 26 heavy (non-hydrogen) atoms. The van der Waals surface area contributed by atoms with Crippen molar-refractivity contribution in [3.63, 3.8) is 0 Å². The van der Waals surface area contributed by atoms with Gasteiger partial charge in [-0.15, -0.1) is 0 Å². The smallest absolute Gasteiger partial charge is 0.165 e. The van der Waals surface area contributed by atoms with Gasteiger partial charge in [0.1, 0.15) is 6.10 Å². The molecule has 3 aliphatic carbocycles. The van der Waals surface area contributed by atoms with Crippen molar-refractivity contribution in [1.29, 1.82) is 0 Å². The second-order valence-corrected chi connectivity index (χ2v) is 8.94. The van der Waals surface area contributed by atoms with E-state index in [-0.39, 0.29) is 23.3 Å². The molecule has 5 aliphatic rings. The van der Waals surface area contributed by atoms with Gasteiger partial charge in [0.15, 0.2) is 11.5 Å². The molecular formula is C20H24N4O2. The third-order valence-electron chi connectivity index (χ3n) is 7.79. The molecule has 5 atom stereocenters. The first-order valence-electron chi connectivity index (χ1n) is 10.0. The van der Waals surface area contributed by atoms with Crippen molar-refractivity contribution >= 4 is 0 Å². The van der Waals surface area contributed by atoms with Crippen LogP contribution in [0.15, 0.2) is 17.2 Å². The molecule has 1 saturated heterocycles. The monoisotopic (exact) mass is 352 g/mol. The molecule has 6 heteroatoms. The Morgan fingerprint density at radius 3 is 3.00 bits per heavy atom. The number of piperidine rings is 1. The first-order chi connectivity index (χ1) is 12.7. The average Bonchev–Trinajstić information content (AvgIpc) is 3.38. The predicted octanol–water partition coefficient (Wildman–Crippen LogP) is 3.52. The van der Waals surface area contributed by atoms with Gasteiger partial charge in [0, 0.05) is 28.5 Å². The maximum atomic E-state index is 10.5. The molecule has 6 rings (SSSR count). The fraction of sp³-hybridized carbons (Fsp3) is 0.700. The average molecular weight is 352 g/mol. The predicted molar refractivity (Wildman–Crippen MR) is 96.3 cm³/mol. The van der Waals surface area contributed by atoms with Crippen LogP contribution in [0.4, 0.5) is 0 Å². The molecule has 1 aromatic carbocycles. The number of hydrogen-bond donors (Lipinski definition) is 1. The molecule has 1 spiro atoms. The van der Waals surface area contributed by atoms with Gasteiger partial charge in [0.05, 0.1) is 6.04 Å². The summed E-state index contributed by atoms with van der Waals surface area (Å²) in [6, 6.07) is 4.31. The van der Waals surface area contributed by atoms with Gasteiger partial charge in [-0.05, 0) is 74.1 Å². The summed E-state index contributed by atoms with van der Waals surface area (Å²) in [4.78, 5) is 5.85. The SMILES string of the molecule is [N-]=[N+]=N[C@@H]1CC[C@H]2[C@H]3Cc4ccc(O)c5c4[C@@]2(CCN3CC2CC2)[C@H]1O5. The van der Waals surface area contributed by atoms with E-state index < -0.39 is 0 Å². The van der Waals surface area contributed by atoms with Gasteiger partial charge in [0.25, 0.3) is 0 Å². The molecule has 2 saturated carbocycles. The lowest BCUT2D eigenvalue weighted by Crippen LogP contribution is -2.66. The van der Waals surface area contributed by atoms with Crippen molar-refractivity contribution in [3.8, 4) is 11.5 Å². The van der Waals surface area contributed by atoms with Crippen molar-refractivity contribution in [2.24, 2.45) is 17.0 Å². The highest BCUT2D eigenvalue weighted by atomic mass is 16.5. The van der Waals surface area contributed by atoms with Crippen LogP contribution in [-0.2, 0) is 11.8 Å². The van der Waals surface area contributed by atoms with E-state index in [0.29, 0.717) is 17.7 Å². The van der Waals surface area contributed by atoms with Crippen LogP contribution >= 0.6 is 0 Å². The van der Waals surface area contributed by atoms with Crippen molar-refractivity contribution in [1.82, 2.24) is 4.90 Å². The number of phenolic OH excluding ortho intramolecular Hbond substituents is 1. The second-order valence-electron chi connectivity index (χ2n) is 8.94. The maximum absolute atomic E-state index is 10.5. The van der Waals surface area contributed by atoms with E-state index in [1.165, 1.54) is 30.5 Å². The maximum Gasteiger partial charge on any atom is 0.165 e. The van der Waals surface area contributed by atoms with Crippen molar-refractivity contribution in [2.45, 2.75) is 62.1 Å². The topological polar surface area (TPSA) is 81.5 Å². The summed E-state index contributed by atoms with van der Waals surface area (Å²) in [7, 11) is 0. The van der Waals surface area contributed by atoms with Gasteiger partial charge >= 0.3 is 0 Å². The summed E-state index contributed by atoms with van der Waals surface area (Å²) < 4.78 is 6.37. The molecule has 0 unspecified atom stereocenters. The Hall–Kier alpha value is -1.91. The molecule has 0 radical (unpaired) electrons. The highest BCUT2D eigenvalue weighted by molar-refractivity contribution is 5.60. The number of phenols is 1. The van der Waals surface area contributed by atoms with E-state index in [0.717, 1.165) is 38.1 Å². The number of nitrogens with zero attached hydrogens (tertiary/aromatic N) is 4. The van der Waals surface area contributed by atoms with E-state index in [1.807, 2.05) is 0 Å². The summed E-state index contributed by atoms with van der Waals surface area (Å²) in [5, 5.41) is 14.6. The van der Waals surface area contributed by atoms with Crippen LogP contribution < -0.4 is 4.74 Å². The van der Waals surface area contributed by atoms with Crippen LogP contribution in [0.25, 0.3) is 10.4 Å². The molecule has 1 aromatic rings. The number of likely N-dealkylation sites (tertiary alicyclic amines) is 1. The minimum Gasteiger partial charge on any atom is -0.504 e. The molecule has 3 fully saturated rings. The quantitative estimate of drug-likeness (QED) is 0.513. The second kappa shape index (κ2) is 5.08. The zero-order chi connectivity index (χ0) is 17.5. The number of rotatable bonds is 3. The van der Waals surface area contributed by atoms with E-state index in [2.05, 4.69) is 21.0 Å². The zero-order valence-corrected chi connectivity index (χ0v) is 14.8. The standard InChI is InChI=1S/C20H24N4O2/c21-23-22-14-5-4-13-15-9-12-3-6-16(25)18-17(12)20(13,19(14)26-18)7-8-24(15)10-11-1-2-11/h3,6,11,13-15,19,25H,1-2,4-5,7-10H2/t13-,14+,15+,19-,20-/m0/s1. The van der Waals surface area contributed by atoms with E-state index >= 15 is 0 Å². The van der Waals surface area contributed by atoms with E-state index in [9.17, 15) is 5.11 Å². The van der Waals surface area contributed by atoms with Crippen LogP contribution in [-0.4, -0.2) is 41.3 Å². The number of benzene rings is 1. The lowest BCUT2D eigenvalue weighted by Gasteiger charge is -2.59. The molecule has 2 bridgehead atoms. The number of azide groups is 1. The Morgan fingerprint density at radius 2 is 2.19 bits per heavy atom. The van der Waals surface area contributed by atoms with Gasteiger partial charge in [-0.3, -0.25) is 4.90 Å². The molecule has 136 valence electrons. The van der Waals surface area contributed by atoms with Gasteiger partial charge in [-0.2, -0.15) is 0 Å². The van der Waals surface area contributed by atoms with E-state index in [4.69, 9.17) is 10.3 Å². The summed E-state index contributed by atoms with van der Waals surface area (Å²) in [5.41, 5.74) is 11.6. The van der Waals surface area contributed by atoms with Crippen LogP contribution in [0.2, 0.25) is 0 Å². The summed E-state index contributed by atoms with van der Waals surface area (Å²) in [6.45, 7) is 2.33. The van der Waals surface area contributed by atoms with Crippen molar-refractivity contribution in [3.05, 3.63) is 33.7 Å². The summed E-state index contributed by atoms with van der Waals surface area (Å²) >= 11 is 0. The summed E-state index contributed by atoms with van der Waals surface area (Å²) in [6.07, 6.45) is 6.74. The minimum atomic E-state index is -0.135. The van der Waals surface area contributed by atoms with Crippen LogP contribution in [0.1, 0.15) is 43.2 Å². The Morgan fingerprint density at radius 1 is 1.31 bits per heavy atom. The Balaban J connectivity index is 1.51. The molecular weight excluding hydrogens is 328 g/mol. The minimum absolute atomic E-state index is 0.0799. The Labute approximate surface area is 152 Å². The van der Waals surface area contributed by atoms with E-state index in [1.54, 1.807) is 6.07 Å². The van der Waals surface area contributed by atoms with Crippen LogP contribution in [0, 0.1) is 11.8 Å². The first-order valence-corrected chi connectivity index (χ1v) is 10.0. The lowest BCUT2D eigenvalue weighted by molar-refractivity contribution is -0.0604. The number of hydrogen-bond acceptors (Lipinski definition) is 4. The van der Waals surface area contributed by atoms with Crippen LogP contribution in [0.3, 0.4) is 0 Å². The van der Waals surface area contributed by atoms with Crippen LogP contribution in [0.5, 0.6) is 11.5 Å². The zero-order valence-electron chi connectivity index (χ0n) is 14.8. The fourth-order valence-electron chi connectivity index (χ4n) is 6.64. The number of ether oxygens (including phenoxy) is 1. The van der Waals surface area contributed by atoms with Gasteiger partial charge in [0.2, 0.25) is 0 Å². The van der Waals surface area contributed by atoms with Gasteiger partial charge in [-0.1, -0.05) is 11.2 Å². The third-order valence-corrected chi connectivity index (χ3v) is 7.79. The fourth-order valence-corrected chi connectivity index (χ4v) is 6.64.